The highest BCUT2D eigenvalue weighted by molar-refractivity contribution is 6.65. The van der Waals surface area contributed by atoms with Gasteiger partial charge in [-0.25, -0.2) is 0 Å². The zero-order valence-electron chi connectivity index (χ0n) is 7.44. The number of nitrogens with one attached hydrogen (secondary N) is 1. The number of aromatic amines is 1. The highest BCUT2D eigenvalue weighted by Gasteiger charge is 2.00. The van der Waals surface area contributed by atoms with Crippen LogP contribution in [0.25, 0.3) is 0 Å². The Kier molecular flexibility index (Phi) is 5.12. The van der Waals surface area contributed by atoms with E-state index in [0.717, 1.165) is 13.0 Å². The number of tetrazole rings is 1. The summed E-state index contributed by atoms with van der Waals surface area (Å²) in [6.07, 6.45) is 0. The van der Waals surface area contributed by atoms with Crippen LogP contribution in [-0.2, 0) is 0 Å². The molecular weight excluding hydrogens is 183 g/mol. The predicted octanol–water partition coefficient (Wildman–Crippen LogP) is -3.06. The molecule has 74 valence electrons. The molecule has 1 aromatic heterocycles. The lowest BCUT2D eigenvalue weighted by Gasteiger charge is -1.92. The molecule has 1 aromatic carbocycles. The van der Waals surface area contributed by atoms with Crippen molar-refractivity contribution in [1.82, 2.24) is 20.6 Å². The molecule has 0 unspecified atom stereocenters. The first-order valence-electron chi connectivity index (χ1n) is 3.72. The molecule has 0 fully saturated rings. The van der Waals surface area contributed by atoms with Gasteiger partial charge in [0.25, 0.3) is 0 Å². The van der Waals surface area contributed by atoms with Crippen LogP contribution in [0.1, 0.15) is 0 Å². The summed E-state index contributed by atoms with van der Waals surface area (Å²) in [5.41, 5.74) is 2.00. The molecule has 0 aliphatic carbocycles. The van der Waals surface area contributed by atoms with Crippen LogP contribution in [0.4, 0.5) is 0 Å². The molecule has 6 nitrogen and oxygen atoms in total. The Morgan fingerprint density at radius 3 is 2.36 bits per heavy atom. The van der Waals surface area contributed by atoms with Crippen LogP contribution in [0.3, 0.4) is 0 Å². The molecule has 0 bridgehead atoms. The van der Waals surface area contributed by atoms with E-state index in [0.29, 0.717) is 0 Å². The van der Waals surface area contributed by atoms with Gasteiger partial charge in [-0.2, -0.15) is 0 Å². The topological polar surface area (TPSA) is 117 Å². The second kappa shape index (κ2) is 5.84. The fourth-order valence-electron chi connectivity index (χ4n) is 1.04. The number of aromatic nitrogens is 4. The van der Waals surface area contributed by atoms with Gasteiger partial charge in [0.1, 0.15) is 5.72 Å². The van der Waals surface area contributed by atoms with Crippen molar-refractivity contribution in [2.75, 3.05) is 0 Å². The fraction of sp³-hybridized carbons (Fsp3) is 0. The first kappa shape index (κ1) is 12.3. The third kappa shape index (κ3) is 2.96. The second-order valence-corrected chi connectivity index (χ2v) is 2.51. The first-order chi connectivity index (χ1) is 5.95. The Bertz CT molecular complexity index is 340. The molecule has 0 aliphatic heterocycles. The van der Waals surface area contributed by atoms with Crippen LogP contribution in [0.15, 0.2) is 30.3 Å². The van der Waals surface area contributed by atoms with E-state index in [1.54, 1.807) is 0 Å². The molecule has 0 radical (unpaired) electrons. The van der Waals surface area contributed by atoms with Gasteiger partial charge in [0.15, 0.2) is 0 Å². The van der Waals surface area contributed by atoms with Crippen molar-refractivity contribution in [3.63, 3.8) is 0 Å². The fourth-order valence-corrected chi connectivity index (χ4v) is 1.04. The summed E-state index contributed by atoms with van der Waals surface area (Å²) in [4.78, 5) is 0. The molecule has 0 saturated carbocycles. The van der Waals surface area contributed by atoms with E-state index >= 15 is 0 Å². The maximum atomic E-state index is 3.79. The minimum Gasteiger partial charge on any atom is -0.412 e. The van der Waals surface area contributed by atoms with Crippen LogP contribution in [0.5, 0.6) is 0 Å². The highest BCUT2D eigenvalue weighted by Crippen LogP contribution is 1.79. The van der Waals surface area contributed by atoms with E-state index < -0.39 is 0 Å². The quantitative estimate of drug-likeness (QED) is 0.511. The minimum absolute atomic E-state index is 0. The van der Waals surface area contributed by atoms with Gasteiger partial charge in [-0.1, -0.05) is 35.8 Å². The third-order valence-electron chi connectivity index (χ3n) is 1.60. The largest absolute Gasteiger partial charge is 0.412 e. The van der Waals surface area contributed by atoms with Gasteiger partial charge in [-0.3, -0.25) is 5.10 Å². The Morgan fingerprint density at radius 1 is 1.07 bits per heavy atom. The van der Waals surface area contributed by atoms with Crippen molar-refractivity contribution in [2.24, 2.45) is 0 Å². The summed E-state index contributed by atoms with van der Waals surface area (Å²) in [7, 11) is 0.758. The van der Waals surface area contributed by atoms with E-state index in [9.17, 15) is 0 Å². The van der Waals surface area contributed by atoms with Gasteiger partial charge >= 0.3 is 0 Å². The Morgan fingerprint density at radius 2 is 1.79 bits per heavy atom. The lowest BCUT2D eigenvalue weighted by atomic mass is 9.70. The zero-order valence-corrected chi connectivity index (χ0v) is 7.44. The maximum absolute atomic E-state index is 3.79. The number of rotatable bonds is 2. The van der Waals surface area contributed by atoms with Gasteiger partial charge in [0, 0.05) is 0 Å². The molecule has 0 aliphatic rings. The van der Waals surface area contributed by atoms with Crippen molar-refractivity contribution in [1.29, 1.82) is 0 Å². The van der Waals surface area contributed by atoms with Crippen molar-refractivity contribution in [2.45, 2.75) is 0 Å². The average Bonchev–Trinajstić information content (AvgIpc) is 2.59. The molecule has 0 atom stereocenters. The van der Waals surface area contributed by atoms with E-state index in [-0.39, 0.29) is 11.0 Å². The van der Waals surface area contributed by atoms with Gasteiger partial charge < -0.3 is 11.0 Å². The monoisotopic (exact) mass is 194 g/mol. The summed E-state index contributed by atoms with van der Waals surface area (Å²) >= 11 is 0. The van der Waals surface area contributed by atoms with Crippen molar-refractivity contribution in [3.8, 4) is 0 Å². The minimum atomic E-state index is 0. The van der Waals surface area contributed by atoms with Crippen molar-refractivity contribution in [3.05, 3.63) is 30.3 Å². The van der Waals surface area contributed by atoms with Gasteiger partial charge in [-0.05, 0) is 10.4 Å². The Balaban J connectivity index is 0.000000845. The molecule has 2 aromatic rings. The van der Waals surface area contributed by atoms with Crippen LogP contribution >= 0.6 is 0 Å². The van der Waals surface area contributed by atoms with Gasteiger partial charge in [0.2, 0.25) is 7.28 Å². The van der Waals surface area contributed by atoms with Crippen molar-refractivity contribution < 1.29 is 11.0 Å². The van der Waals surface area contributed by atoms with Crippen molar-refractivity contribution >= 4 is 18.5 Å². The smallest absolute Gasteiger partial charge is 0.242 e. The molecule has 1 heterocycles. The number of nitrogens with zero attached hydrogens (tertiary/aromatic N) is 3. The van der Waals surface area contributed by atoms with E-state index in [4.69, 9.17) is 0 Å². The van der Waals surface area contributed by atoms with Gasteiger partial charge in [0.05, 0.1) is 0 Å². The number of hydrogen-bond donors (Lipinski definition) is 1. The SMILES string of the molecule is B(c1ccccc1)c1nnn[nH]1.O.O. The predicted molar refractivity (Wildman–Crippen MR) is 54.3 cm³/mol. The molecule has 7 heteroatoms. The molecule has 0 amide bonds. The summed E-state index contributed by atoms with van der Waals surface area (Å²) in [5.74, 6) is 0. The Labute approximate surface area is 81.2 Å². The van der Waals surface area contributed by atoms with Crippen LogP contribution < -0.4 is 11.2 Å². The van der Waals surface area contributed by atoms with Gasteiger partial charge in [-0.15, -0.1) is 5.10 Å². The maximum Gasteiger partial charge on any atom is 0.242 e. The molecular formula is C7H11BN4O2. The number of H-pyrrole nitrogens is 1. The molecule has 2 rings (SSSR count). The first-order valence-corrected chi connectivity index (χ1v) is 3.72. The highest BCUT2D eigenvalue weighted by atomic mass is 16.0. The lowest BCUT2D eigenvalue weighted by Crippen LogP contribution is -2.29. The van der Waals surface area contributed by atoms with E-state index in [1.165, 1.54) is 5.46 Å². The molecule has 5 N–H and O–H groups in total. The Hall–Kier alpha value is -1.73. The number of benzene rings is 1. The van der Waals surface area contributed by atoms with E-state index in [2.05, 4.69) is 20.6 Å². The summed E-state index contributed by atoms with van der Waals surface area (Å²) in [6.45, 7) is 0. The van der Waals surface area contributed by atoms with Crippen LogP contribution in [0.2, 0.25) is 0 Å². The molecule has 14 heavy (non-hydrogen) atoms. The average molecular weight is 194 g/mol. The normalized spacial score (nSPS) is 8.29. The number of hydrogen-bond acceptors (Lipinski definition) is 3. The summed E-state index contributed by atoms with van der Waals surface area (Å²) in [5, 5.41) is 13.5. The molecule has 0 spiro atoms. The van der Waals surface area contributed by atoms with E-state index in [1.807, 2.05) is 30.3 Å². The van der Waals surface area contributed by atoms with Crippen LogP contribution in [-0.4, -0.2) is 38.9 Å². The third-order valence-corrected chi connectivity index (χ3v) is 1.60. The standard InChI is InChI=1S/C7H7BN4.2H2O/c1-2-4-6(5-3-1)8-7-9-11-12-10-7;;/h1-5,8H,(H,9,10,11,12);2*1H2. The van der Waals surface area contributed by atoms with Crippen LogP contribution in [0, 0.1) is 0 Å². The summed E-state index contributed by atoms with van der Waals surface area (Å²) < 4.78 is 0. The molecule has 0 saturated heterocycles. The second-order valence-electron chi connectivity index (χ2n) is 2.51. The zero-order chi connectivity index (χ0) is 8.23. The lowest BCUT2D eigenvalue weighted by molar-refractivity contribution is 0.823. The summed E-state index contributed by atoms with van der Waals surface area (Å²) in [6, 6.07) is 10.1.